The first-order valence-electron chi connectivity index (χ1n) is 7.95. The molecule has 0 unspecified atom stereocenters. The first kappa shape index (κ1) is 20.2. The van der Waals surface area contributed by atoms with E-state index in [4.69, 9.17) is 5.73 Å². The summed E-state index contributed by atoms with van der Waals surface area (Å²) in [6.45, 7) is 7.11. The van der Waals surface area contributed by atoms with E-state index in [0.717, 1.165) is 18.5 Å². The van der Waals surface area contributed by atoms with E-state index in [2.05, 4.69) is 65.4 Å². The van der Waals surface area contributed by atoms with Gasteiger partial charge < -0.3 is 11.1 Å². The fraction of sp³-hybridized carbons (Fsp3) is 0.250. The molecular weight excluding hydrogens is 409 g/mol. The molecule has 2 rings (SSSR count). The molecule has 0 spiro atoms. The zero-order valence-corrected chi connectivity index (χ0v) is 16.4. The first-order chi connectivity index (χ1) is 11.2. The molecule has 3 nitrogen and oxygen atoms in total. The predicted molar refractivity (Wildman–Crippen MR) is 114 cm³/mol. The van der Waals surface area contributed by atoms with Crippen LogP contribution in [-0.2, 0) is 0 Å². The van der Waals surface area contributed by atoms with Crippen LogP contribution in [0.25, 0.3) is 0 Å². The van der Waals surface area contributed by atoms with Gasteiger partial charge in [-0.1, -0.05) is 72.8 Å². The molecule has 24 heavy (non-hydrogen) atoms. The average Bonchev–Trinajstić information content (AvgIpc) is 2.58. The molecule has 128 valence electrons. The summed E-state index contributed by atoms with van der Waals surface area (Å²) in [5.74, 6) is 0.826. The molecule has 0 fully saturated rings. The van der Waals surface area contributed by atoms with Crippen LogP contribution in [0.3, 0.4) is 0 Å². The Morgan fingerprint density at radius 1 is 1.04 bits per heavy atom. The predicted octanol–water partition coefficient (Wildman–Crippen LogP) is 4.31. The Balaban J connectivity index is 0.00000288. The number of benzene rings is 2. The van der Waals surface area contributed by atoms with Gasteiger partial charge in [0.1, 0.15) is 0 Å². The minimum atomic E-state index is 0. The second kappa shape index (κ2) is 10.9. The van der Waals surface area contributed by atoms with Crippen LogP contribution in [0, 0.1) is 0 Å². The molecule has 0 heterocycles. The van der Waals surface area contributed by atoms with E-state index >= 15 is 0 Å². The van der Waals surface area contributed by atoms with Crippen molar-refractivity contribution in [2.75, 3.05) is 13.1 Å². The van der Waals surface area contributed by atoms with Crippen molar-refractivity contribution in [3.05, 3.63) is 83.9 Å². The SMILES string of the molecule is C=C(C)CN=C(N)NCCC(c1ccccc1)c1ccccc1.I. The highest BCUT2D eigenvalue weighted by Crippen LogP contribution is 2.27. The summed E-state index contributed by atoms with van der Waals surface area (Å²) < 4.78 is 0. The summed E-state index contributed by atoms with van der Waals surface area (Å²) in [6.07, 6.45) is 0.956. The standard InChI is InChI=1S/C20H25N3.HI/c1-16(2)15-23-20(21)22-14-13-19(17-9-5-3-6-10-17)18-11-7-4-8-12-18;/h3-12,19H,1,13-15H2,2H3,(H3,21,22,23);1H. The van der Waals surface area contributed by atoms with Gasteiger partial charge in [-0.3, -0.25) is 0 Å². The highest BCUT2D eigenvalue weighted by Gasteiger charge is 2.13. The number of rotatable bonds is 7. The van der Waals surface area contributed by atoms with Gasteiger partial charge in [0.05, 0.1) is 6.54 Å². The maximum atomic E-state index is 5.88. The average molecular weight is 435 g/mol. The lowest BCUT2D eigenvalue weighted by molar-refractivity contribution is 0.689. The van der Waals surface area contributed by atoms with Crippen LogP contribution in [0.4, 0.5) is 0 Å². The number of nitrogens with two attached hydrogens (primary N) is 1. The van der Waals surface area contributed by atoms with Gasteiger partial charge in [-0.2, -0.15) is 0 Å². The third-order valence-corrected chi connectivity index (χ3v) is 3.66. The summed E-state index contributed by atoms with van der Waals surface area (Å²) in [7, 11) is 0. The van der Waals surface area contributed by atoms with Crippen molar-refractivity contribution in [2.45, 2.75) is 19.3 Å². The van der Waals surface area contributed by atoms with Crippen LogP contribution in [0.2, 0.25) is 0 Å². The van der Waals surface area contributed by atoms with Gasteiger partial charge >= 0.3 is 0 Å². The zero-order chi connectivity index (χ0) is 16.5. The molecule has 0 aliphatic carbocycles. The zero-order valence-electron chi connectivity index (χ0n) is 14.1. The number of nitrogens with one attached hydrogen (secondary N) is 1. The van der Waals surface area contributed by atoms with Gasteiger partial charge in [0, 0.05) is 12.5 Å². The van der Waals surface area contributed by atoms with Gasteiger partial charge in [-0.05, 0) is 24.5 Å². The van der Waals surface area contributed by atoms with Crippen molar-refractivity contribution in [1.82, 2.24) is 5.32 Å². The van der Waals surface area contributed by atoms with Crippen molar-refractivity contribution >= 4 is 29.9 Å². The number of aliphatic imine (C=N–C) groups is 1. The second-order valence-electron chi connectivity index (χ2n) is 5.75. The topological polar surface area (TPSA) is 50.4 Å². The Morgan fingerprint density at radius 3 is 2.00 bits per heavy atom. The highest BCUT2D eigenvalue weighted by molar-refractivity contribution is 14.0. The normalized spacial score (nSPS) is 11.0. The molecule has 0 radical (unpaired) electrons. The molecule has 0 atom stereocenters. The van der Waals surface area contributed by atoms with Gasteiger partial charge in [0.2, 0.25) is 0 Å². The van der Waals surface area contributed by atoms with Gasteiger partial charge in [-0.25, -0.2) is 4.99 Å². The summed E-state index contributed by atoms with van der Waals surface area (Å²) >= 11 is 0. The summed E-state index contributed by atoms with van der Waals surface area (Å²) in [4.78, 5) is 4.25. The van der Waals surface area contributed by atoms with Crippen molar-refractivity contribution in [3.63, 3.8) is 0 Å². The minimum absolute atomic E-state index is 0. The molecule has 2 aromatic carbocycles. The molecule has 0 bridgehead atoms. The van der Waals surface area contributed by atoms with E-state index in [1.807, 2.05) is 19.1 Å². The highest BCUT2D eigenvalue weighted by atomic mass is 127. The van der Waals surface area contributed by atoms with Crippen molar-refractivity contribution < 1.29 is 0 Å². The molecule has 4 heteroatoms. The van der Waals surface area contributed by atoms with Crippen LogP contribution >= 0.6 is 24.0 Å². The van der Waals surface area contributed by atoms with Crippen molar-refractivity contribution in [2.24, 2.45) is 10.7 Å². The molecule has 0 aliphatic heterocycles. The lowest BCUT2D eigenvalue weighted by atomic mass is 9.88. The Morgan fingerprint density at radius 2 is 1.54 bits per heavy atom. The van der Waals surface area contributed by atoms with Crippen molar-refractivity contribution in [1.29, 1.82) is 0 Å². The molecule has 0 saturated carbocycles. The van der Waals surface area contributed by atoms with Crippen LogP contribution in [0.1, 0.15) is 30.4 Å². The fourth-order valence-corrected chi connectivity index (χ4v) is 2.52. The van der Waals surface area contributed by atoms with Gasteiger partial charge in [0.25, 0.3) is 0 Å². The smallest absolute Gasteiger partial charge is 0.188 e. The maximum Gasteiger partial charge on any atom is 0.188 e. The number of hydrogen-bond acceptors (Lipinski definition) is 1. The van der Waals surface area contributed by atoms with Crippen LogP contribution < -0.4 is 11.1 Å². The molecule has 0 saturated heterocycles. The second-order valence-corrected chi connectivity index (χ2v) is 5.75. The molecule has 0 aromatic heterocycles. The summed E-state index contributed by atoms with van der Waals surface area (Å²) in [5, 5.41) is 3.19. The quantitative estimate of drug-likeness (QED) is 0.295. The lowest BCUT2D eigenvalue weighted by Crippen LogP contribution is -2.33. The van der Waals surface area contributed by atoms with E-state index in [0.29, 0.717) is 18.4 Å². The largest absolute Gasteiger partial charge is 0.370 e. The number of guanidine groups is 1. The van der Waals surface area contributed by atoms with E-state index in [9.17, 15) is 0 Å². The number of nitrogens with zero attached hydrogens (tertiary/aromatic N) is 1. The van der Waals surface area contributed by atoms with Gasteiger partial charge in [0.15, 0.2) is 5.96 Å². The molecule has 0 aliphatic rings. The Kier molecular flexibility index (Phi) is 9.15. The Hall–Kier alpha value is -1.82. The van der Waals surface area contributed by atoms with Gasteiger partial charge in [-0.15, -0.1) is 24.0 Å². The molecule has 3 N–H and O–H groups in total. The molecular formula is C20H26IN3. The lowest BCUT2D eigenvalue weighted by Gasteiger charge is -2.18. The fourth-order valence-electron chi connectivity index (χ4n) is 2.52. The Bertz CT molecular complexity index is 599. The van der Waals surface area contributed by atoms with E-state index in [1.165, 1.54) is 11.1 Å². The monoisotopic (exact) mass is 435 g/mol. The van der Waals surface area contributed by atoms with Crippen LogP contribution in [-0.4, -0.2) is 19.0 Å². The molecule has 2 aromatic rings. The van der Waals surface area contributed by atoms with Crippen molar-refractivity contribution in [3.8, 4) is 0 Å². The number of hydrogen-bond donors (Lipinski definition) is 2. The summed E-state index contributed by atoms with van der Waals surface area (Å²) in [5.41, 5.74) is 9.52. The van der Waals surface area contributed by atoms with E-state index < -0.39 is 0 Å². The van der Waals surface area contributed by atoms with E-state index in [-0.39, 0.29) is 24.0 Å². The molecule has 0 amide bonds. The number of halogens is 1. The minimum Gasteiger partial charge on any atom is -0.370 e. The third kappa shape index (κ3) is 6.74. The van der Waals surface area contributed by atoms with Crippen LogP contribution in [0.5, 0.6) is 0 Å². The third-order valence-electron chi connectivity index (χ3n) is 3.66. The van der Waals surface area contributed by atoms with Crippen LogP contribution in [0.15, 0.2) is 77.8 Å². The Labute approximate surface area is 162 Å². The maximum absolute atomic E-state index is 5.88. The first-order valence-corrected chi connectivity index (χ1v) is 7.95. The van der Waals surface area contributed by atoms with E-state index in [1.54, 1.807) is 0 Å². The summed E-state index contributed by atoms with van der Waals surface area (Å²) in [6, 6.07) is 21.1.